The highest BCUT2D eigenvalue weighted by atomic mass is 35.5. The van der Waals surface area contributed by atoms with E-state index >= 15 is 0 Å². The summed E-state index contributed by atoms with van der Waals surface area (Å²) in [6.45, 7) is 5.33. The number of benzene rings is 1. The molecule has 0 radical (unpaired) electrons. The summed E-state index contributed by atoms with van der Waals surface area (Å²) in [5.74, 6) is 0. The molecule has 0 spiro atoms. The van der Waals surface area contributed by atoms with Crippen LogP contribution in [0.15, 0.2) is 35.7 Å². The molecule has 0 amide bonds. The molecule has 0 saturated carbocycles. The lowest BCUT2D eigenvalue weighted by atomic mass is 10.00. The van der Waals surface area contributed by atoms with Crippen molar-refractivity contribution in [3.05, 3.63) is 56.7 Å². The molecule has 96 valence electrons. The minimum absolute atomic E-state index is 0.280. The maximum atomic E-state index is 6.03. The number of halogens is 1. The van der Waals surface area contributed by atoms with Crippen molar-refractivity contribution in [3.63, 3.8) is 0 Å². The van der Waals surface area contributed by atoms with Gasteiger partial charge in [-0.15, -0.1) is 11.3 Å². The Morgan fingerprint density at radius 1 is 1.33 bits per heavy atom. The highest BCUT2D eigenvalue weighted by Crippen LogP contribution is 2.29. The van der Waals surface area contributed by atoms with E-state index in [2.05, 4.69) is 42.7 Å². The average molecular weight is 280 g/mol. The second kappa shape index (κ2) is 6.37. The predicted molar refractivity (Wildman–Crippen MR) is 80.6 cm³/mol. The van der Waals surface area contributed by atoms with Gasteiger partial charge in [-0.25, -0.2) is 0 Å². The van der Waals surface area contributed by atoms with Gasteiger partial charge in [-0.1, -0.05) is 30.7 Å². The molecule has 1 aromatic heterocycles. The van der Waals surface area contributed by atoms with Gasteiger partial charge in [-0.2, -0.15) is 0 Å². The molecule has 0 fully saturated rings. The van der Waals surface area contributed by atoms with Crippen molar-refractivity contribution < 1.29 is 0 Å². The SMILES string of the molecule is CCCNC(c1cccs1)c1ccc(Cl)cc1C. The van der Waals surface area contributed by atoms with Crippen molar-refractivity contribution >= 4 is 22.9 Å². The molecular weight excluding hydrogens is 262 g/mol. The van der Waals surface area contributed by atoms with Gasteiger partial charge >= 0.3 is 0 Å². The third-order valence-corrected chi connectivity index (χ3v) is 4.14. The quantitative estimate of drug-likeness (QED) is 0.829. The molecule has 2 rings (SSSR count). The number of nitrogens with one attached hydrogen (secondary N) is 1. The van der Waals surface area contributed by atoms with E-state index in [1.807, 2.05) is 12.1 Å². The Balaban J connectivity index is 2.33. The summed E-state index contributed by atoms with van der Waals surface area (Å²) in [6, 6.07) is 10.7. The van der Waals surface area contributed by atoms with Crippen LogP contribution in [0.3, 0.4) is 0 Å². The van der Waals surface area contributed by atoms with E-state index in [-0.39, 0.29) is 6.04 Å². The zero-order valence-electron chi connectivity index (χ0n) is 10.7. The summed E-state index contributed by atoms with van der Waals surface area (Å²) in [6.07, 6.45) is 1.13. The van der Waals surface area contributed by atoms with Crippen LogP contribution in [0.4, 0.5) is 0 Å². The van der Waals surface area contributed by atoms with Gasteiger partial charge in [0.15, 0.2) is 0 Å². The van der Waals surface area contributed by atoms with E-state index in [0.29, 0.717) is 0 Å². The van der Waals surface area contributed by atoms with E-state index in [9.17, 15) is 0 Å². The summed E-state index contributed by atoms with van der Waals surface area (Å²) in [7, 11) is 0. The van der Waals surface area contributed by atoms with Crippen LogP contribution in [0.1, 0.15) is 35.4 Å². The van der Waals surface area contributed by atoms with Crippen LogP contribution in [0.2, 0.25) is 5.02 Å². The molecule has 0 aliphatic rings. The predicted octanol–water partition coefficient (Wildman–Crippen LogP) is 4.80. The van der Waals surface area contributed by atoms with Crippen LogP contribution < -0.4 is 5.32 Å². The van der Waals surface area contributed by atoms with Crippen molar-refractivity contribution in [1.29, 1.82) is 0 Å². The van der Waals surface area contributed by atoms with Crippen molar-refractivity contribution in [1.82, 2.24) is 5.32 Å². The zero-order chi connectivity index (χ0) is 13.0. The molecule has 18 heavy (non-hydrogen) atoms. The van der Waals surface area contributed by atoms with Crippen LogP contribution >= 0.6 is 22.9 Å². The lowest BCUT2D eigenvalue weighted by Crippen LogP contribution is -2.23. The van der Waals surface area contributed by atoms with Crippen molar-refractivity contribution in [2.75, 3.05) is 6.54 Å². The molecule has 2 aromatic rings. The molecule has 0 aliphatic heterocycles. The fraction of sp³-hybridized carbons (Fsp3) is 0.333. The molecule has 1 nitrogen and oxygen atoms in total. The van der Waals surface area contributed by atoms with Gasteiger partial charge in [-0.3, -0.25) is 0 Å². The first-order valence-electron chi connectivity index (χ1n) is 6.25. The standard InChI is InChI=1S/C15H18ClNS/c1-3-8-17-15(14-5-4-9-18-14)13-7-6-12(16)10-11(13)2/h4-7,9-10,15,17H,3,8H2,1-2H3. The normalized spacial score (nSPS) is 12.6. The van der Waals surface area contributed by atoms with Crippen LogP contribution in [0.5, 0.6) is 0 Å². The maximum Gasteiger partial charge on any atom is 0.0673 e. The topological polar surface area (TPSA) is 12.0 Å². The maximum absolute atomic E-state index is 6.03. The van der Waals surface area contributed by atoms with Crippen LogP contribution in [-0.4, -0.2) is 6.54 Å². The Morgan fingerprint density at radius 3 is 2.78 bits per heavy atom. The van der Waals surface area contributed by atoms with Crippen LogP contribution in [0, 0.1) is 6.92 Å². The summed E-state index contributed by atoms with van der Waals surface area (Å²) in [5, 5.41) is 6.54. The largest absolute Gasteiger partial charge is 0.306 e. The van der Waals surface area contributed by atoms with E-state index < -0.39 is 0 Å². The number of aryl methyl sites for hydroxylation is 1. The third-order valence-electron chi connectivity index (χ3n) is 2.97. The van der Waals surface area contributed by atoms with Crippen LogP contribution in [-0.2, 0) is 0 Å². The Labute approximate surface area is 118 Å². The first-order valence-corrected chi connectivity index (χ1v) is 7.51. The molecule has 3 heteroatoms. The molecule has 1 atom stereocenters. The van der Waals surface area contributed by atoms with Crippen molar-refractivity contribution in [2.45, 2.75) is 26.3 Å². The van der Waals surface area contributed by atoms with Gasteiger partial charge in [0.05, 0.1) is 6.04 Å². The van der Waals surface area contributed by atoms with Crippen molar-refractivity contribution in [2.24, 2.45) is 0 Å². The molecule has 1 aromatic carbocycles. The second-order valence-electron chi connectivity index (χ2n) is 4.40. The highest BCUT2D eigenvalue weighted by molar-refractivity contribution is 7.10. The van der Waals surface area contributed by atoms with Crippen molar-refractivity contribution in [3.8, 4) is 0 Å². The summed E-state index contributed by atoms with van der Waals surface area (Å²) in [5.41, 5.74) is 2.56. The Hall–Kier alpha value is -0.830. The molecular formula is C15H18ClNS. The Kier molecular flexibility index (Phi) is 4.81. The third kappa shape index (κ3) is 3.14. The van der Waals surface area contributed by atoms with Crippen LogP contribution in [0.25, 0.3) is 0 Å². The minimum atomic E-state index is 0.280. The van der Waals surface area contributed by atoms with E-state index in [4.69, 9.17) is 11.6 Å². The smallest absolute Gasteiger partial charge is 0.0673 e. The molecule has 0 saturated heterocycles. The lowest BCUT2D eigenvalue weighted by molar-refractivity contribution is 0.603. The summed E-state index contributed by atoms with van der Waals surface area (Å²) >= 11 is 7.83. The van der Waals surface area contributed by atoms with E-state index in [0.717, 1.165) is 18.0 Å². The summed E-state index contributed by atoms with van der Waals surface area (Å²) in [4.78, 5) is 1.36. The Bertz CT molecular complexity index is 493. The number of hydrogen-bond acceptors (Lipinski definition) is 2. The van der Waals surface area contributed by atoms with Gasteiger partial charge in [0.1, 0.15) is 0 Å². The molecule has 0 aliphatic carbocycles. The minimum Gasteiger partial charge on any atom is -0.306 e. The van der Waals surface area contributed by atoms with Gasteiger partial charge < -0.3 is 5.32 Å². The monoisotopic (exact) mass is 279 g/mol. The van der Waals surface area contributed by atoms with E-state index in [1.165, 1.54) is 16.0 Å². The average Bonchev–Trinajstić information content (AvgIpc) is 2.85. The summed E-state index contributed by atoms with van der Waals surface area (Å²) < 4.78 is 0. The highest BCUT2D eigenvalue weighted by Gasteiger charge is 2.16. The molecule has 1 unspecified atom stereocenters. The number of thiophene rings is 1. The number of hydrogen-bond donors (Lipinski definition) is 1. The first-order chi connectivity index (χ1) is 8.72. The molecule has 1 heterocycles. The molecule has 0 bridgehead atoms. The zero-order valence-corrected chi connectivity index (χ0v) is 12.3. The first kappa shape index (κ1) is 13.6. The number of rotatable bonds is 5. The molecule has 1 N–H and O–H groups in total. The van der Waals surface area contributed by atoms with Gasteiger partial charge in [-0.05, 0) is 54.6 Å². The lowest BCUT2D eigenvalue weighted by Gasteiger charge is -2.20. The fourth-order valence-corrected chi connectivity index (χ4v) is 3.12. The van der Waals surface area contributed by atoms with Gasteiger partial charge in [0.25, 0.3) is 0 Å². The van der Waals surface area contributed by atoms with E-state index in [1.54, 1.807) is 11.3 Å². The fourth-order valence-electron chi connectivity index (χ4n) is 2.07. The van der Waals surface area contributed by atoms with Gasteiger partial charge in [0.2, 0.25) is 0 Å². The van der Waals surface area contributed by atoms with Gasteiger partial charge in [0, 0.05) is 9.90 Å². The second-order valence-corrected chi connectivity index (χ2v) is 5.82. The Morgan fingerprint density at radius 2 is 2.17 bits per heavy atom.